The Morgan fingerprint density at radius 2 is 1.80 bits per heavy atom. The quantitative estimate of drug-likeness (QED) is 0.638. The molecule has 0 aromatic heterocycles. The minimum atomic E-state index is 0.690. The van der Waals surface area contributed by atoms with E-state index in [1.54, 1.807) is 0 Å². The first-order valence-corrected chi connectivity index (χ1v) is 9.92. The lowest BCUT2D eigenvalue weighted by atomic mass is 10.0. The number of allylic oxidation sites excluding steroid dienone is 3. The van der Waals surface area contributed by atoms with Crippen molar-refractivity contribution < 1.29 is 0 Å². The van der Waals surface area contributed by atoms with E-state index in [1.165, 1.54) is 68.4 Å². The molecule has 2 heteroatoms. The second-order valence-electron chi connectivity index (χ2n) is 7.63. The minimum Gasteiger partial charge on any atom is -0.310 e. The summed E-state index contributed by atoms with van der Waals surface area (Å²) < 4.78 is 0. The summed E-state index contributed by atoms with van der Waals surface area (Å²) in [6.07, 6.45) is 10.8. The van der Waals surface area contributed by atoms with Gasteiger partial charge in [-0.25, -0.2) is 0 Å². The van der Waals surface area contributed by atoms with Crippen LogP contribution in [0.4, 0.5) is 0 Å². The molecule has 0 aliphatic carbocycles. The number of rotatable bonds is 9. The van der Waals surface area contributed by atoms with Crippen LogP contribution in [-0.2, 0) is 6.42 Å². The minimum absolute atomic E-state index is 0.690. The Labute approximate surface area is 155 Å². The second kappa shape index (κ2) is 11.3. The van der Waals surface area contributed by atoms with Crippen LogP contribution in [0.25, 0.3) is 0 Å². The van der Waals surface area contributed by atoms with Crippen LogP contribution in [0.5, 0.6) is 0 Å². The van der Waals surface area contributed by atoms with Gasteiger partial charge in [0.1, 0.15) is 0 Å². The average Bonchev–Trinajstić information content (AvgIpc) is 2.61. The van der Waals surface area contributed by atoms with E-state index >= 15 is 0 Å². The first kappa shape index (κ1) is 19.9. The zero-order chi connectivity index (χ0) is 17.9. The highest BCUT2D eigenvalue weighted by Gasteiger charge is 2.17. The number of hydrogen-bond acceptors (Lipinski definition) is 2. The number of benzene rings is 1. The van der Waals surface area contributed by atoms with E-state index < -0.39 is 0 Å². The molecule has 0 bridgehead atoms. The number of nitrogens with one attached hydrogen (secondary N) is 1. The molecule has 1 N–H and O–H groups in total. The van der Waals surface area contributed by atoms with E-state index in [0.717, 1.165) is 6.54 Å². The van der Waals surface area contributed by atoms with Gasteiger partial charge in [-0.1, -0.05) is 53.6 Å². The van der Waals surface area contributed by atoms with Gasteiger partial charge in [-0.05, 0) is 71.5 Å². The van der Waals surface area contributed by atoms with E-state index in [4.69, 9.17) is 0 Å². The molecular formula is C23H36N2. The molecular weight excluding hydrogens is 304 g/mol. The fraction of sp³-hybridized carbons (Fsp3) is 0.565. The van der Waals surface area contributed by atoms with E-state index in [9.17, 15) is 0 Å². The van der Waals surface area contributed by atoms with E-state index in [2.05, 4.69) is 73.5 Å². The SMILES string of the molecule is CC(C)=CCC/C(C)=C/CNC1CCN(CCc2ccccc2)CC1. The van der Waals surface area contributed by atoms with Crippen LogP contribution in [0.2, 0.25) is 0 Å². The predicted molar refractivity (Wildman–Crippen MR) is 110 cm³/mol. The normalized spacial score (nSPS) is 16.8. The van der Waals surface area contributed by atoms with Crippen molar-refractivity contribution in [1.82, 2.24) is 10.2 Å². The molecule has 25 heavy (non-hydrogen) atoms. The molecule has 0 unspecified atom stereocenters. The van der Waals surface area contributed by atoms with Crippen LogP contribution >= 0.6 is 0 Å². The van der Waals surface area contributed by atoms with Gasteiger partial charge in [0.05, 0.1) is 0 Å². The van der Waals surface area contributed by atoms with Crippen molar-refractivity contribution in [2.45, 2.75) is 58.9 Å². The molecule has 0 radical (unpaired) electrons. The van der Waals surface area contributed by atoms with E-state index in [-0.39, 0.29) is 0 Å². The predicted octanol–water partition coefficient (Wildman–Crippen LogP) is 4.98. The Bertz CT molecular complexity index is 532. The van der Waals surface area contributed by atoms with Crippen LogP contribution in [0.1, 0.15) is 52.0 Å². The molecule has 1 aromatic rings. The van der Waals surface area contributed by atoms with Gasteiger partial charge in [0.2, 0.25) is 0 Å². The van der Waals surface area contributed by atoms with Crippen LogP contribution in [0.15, 0.2) is 53.6 Å². The Balaban J connectivity index is 1.58. The zero-order valence-electron chi connectivity index (χ0n) is 16.4. The summed E-state index contributed by atoms with van der Waals surface area (Å²) in [5.74, 6) is 0. The van der Waals surface area contributed by atoms with Gasteiger partial charge in [-0.2, -0.15) is 0 Å². The Morgan fingerprint density at radius 1 is 1.08 bits per heavy atom. The second-order valence-corrected chi connectivity index (χ2v) is 7.63. The Hall–Kier alpha value is -1.38. The smallest absolute Gasteiger partial charge is 0.0140 e. The lowest BCUT2D eigenvalue weighted by molar-refractivity contribution is 0.202. The number of piperidine rings is 1. The third-order valence-electron chi connectivity index (χ3n) is 5.10. The molecule has 0 atom stereocenters. The summed E-state index contributed by atoms with van der Waals surface area (Å²) in [6, 6.07) is 11.5. The summed E-state index contributed by atoms with van der Waals surface area (Å²) >= 11 is 0. The summed E-state index contributed by atoms with van der Waals surface area (Å²) in [5, 5.41) is 3.73. The number of hydrogen-bond donors (Lipinski definition) is 1. The van der Waals surface area contributed by atoms with E-state index in [0.29, 0.717) is 6.04 Å². The molecule has 1 fully saturated rings. The van der Waals surface area contributed by atoms with Crippen molar-refractivity contribution in [3.05, 3.63) is 59.2 Å². The molecule has 0 amide bonds. The molecule has 1 aliphatic rings. The summed E-state index contributed by atoms with van der Waals surface area (Å²) in [6.45, 7) is 11.3. The van der Waals surface area contributed by atoms with Crippen LogP contribution in [0.3, 0.4) is 0 Å². The zero-order valence-corrected chi connectivity index (χ0v) is 16.4. The summed E-state index contributed by atoms with van der Waals surface area (Å²) in [5.41, 5.74) is 4.38. The lowest BCUT2D eigenvalue weighted by Crippen LogP contribution is -2.43. The van der Waals surface area contributed by atoms with Crippen molar-refractivity contribution in [3.63, 3.8) is 0 Å². The molecule has 0 saturated carbocycles. The van der Waals surface area contributed by atoms with E-state index in [1.807, 2.05) is 0 Å². The molecule has 1 heterocycles. The monoisotopic (exact) mass is 340 g/mol. The molecule has 1 aliphatic heterocycles. The third kappa shape index (κ3) is 8.51. The Kier molecular flexibility index (Phi) is 8.99. The first-order chi connectivity index (χ1) is 12.1. The van der Waals surface area contributed by atoms with Crippen molar-refractivity contribution in [3.8, 4) is 0 Å². The van der Waals surface area contributed by atoms with Crippen LogP contribution in [0, 0.1) is 0 Å². The van der Waals surface area contributed by atoms with Gasteiger partial charge < -0.3 is 10.2 Å². The highest BCUT2D eigenvalue weighted by molar-refractivity contribution is 5.14. The summed E-state index contributed by atoms with van der Waals surface area (Å²) in [4.78, 5) is 2.62. The van der Waals surface area contributed by atoms with Crippen LogP contribution < -0.4 is 5.32 Å². The fourth-order valence-corrected chi connectivity index (χ4v) is 3.38. The maximum Gasteiger partial charge on any atom is 0.0140 e. The van der Waals surface area contributed by atoms with Gasteiger partial charge in [0.25, 0.3) is 0 Å². The number of nitrogens with zero attached hydrogens (tertiary/aromatic N) is 1. The Morgan fingerprint density at radius 3 is 2.48 bits per heavy atom. The largest absolute Gasteiger partial charge is 0.310 e. The van der Waals surface area contributed by atoms with Crippen molar-refractivity contribution in [2.24, 2.45) is 0 Å². The maximum absolute atomic E-state index is 3.73. The molecule has 2 rings (SSSR count). The topological polar surface area (TPSA) is 15.3 Å². The molecule has 1 saturated heterocycles. The first-order valence-electron chi connectivity index (χ1n) is 9.92. The number of likely N-dealkylation sites (tertiary alicyclic amines) is 1. The highest BCUT2D eigenvalue weighted by atomic mass is 15.1. The van der Waals surface area contributed by atoms with Crippen molar-refractivity contribution in [2.75, 3.05) is 26.2 Å². The molecule has 138 valence electrons. The highest BCUT2D eigenvalue weighted by Crippen LogP contribution is 2.12. The van der Waals surface area contributed by atoms with Gasteiger partial charge in [-0.15, -0.1) is 0 Å². The molecule has 2 nitrogen and oxygen atoms in total. The van der Waals surface area contributed by atoms with Crippen molar-refractivity contribution in [1.29, 1.82) is 0 Å². The van der Waals surface area contributed by atoms with Gasteiger partial charge >= 0.3 is 0 Å². The standard InChI is InChI=1S/C23H36N2/c1-20(2)8-7-9-21(3)12-16-24-23-14-18-25(19-15-23)17-13-22-10-5-4-6-11-22/h4-6,8,10-12,23-24H,7,9,13-19H2,1-3H3/b21-12+. The van der Waals surface area contributed by atoms with Crippen molar-refractivity contribution >= 4 is 0 Å². The summed E-state index contributed by atoms with van der Waals surface area (Å²) in [7, 11) is 0. The van der Waals surface area contributed by atoms with Gasteiger partial charge in [0, 0.05) is 19.1 Å². The van der Waals surface area contributed by atoms with Gasteiger partial charge in [-0.3, -0.25) is 0 Å². The lowest BCUT2D eigenvalue weighted by Gasteiger charge is -2.32. The van der Waals surface area contributed by atoms with Gasteiger partial charge in [0.15, 0.2) is 0 Å². The average molecular weight is 341 g/mol. The molecule has 1 aromatic carbocycles. The fourth-order valence-electron chi connectivity index (χ4n) is 3.38. The molecule has 0 spiro atoms. The maximum atomic E-state index is 3.73. The third-order valence-corrected chi connectivity index (χ3v) is 5.10. The van der Waals surface area contributed by atoms with Crippen LogP contribution in [-0.4, -0.2) is 37.1 Å².